The number of carbonyl (C=O) groups excluding carboxylic acids is 1. The van der Waals surface area contributed by atoms with E-state index in [1.165, 1.54) is 6.42 Å². The fraction of sp³-hybridized carbons (Fsp3) is 0.933. The number of ether oxygens (including phenoxy) is 2. The Morgan fingerprint density at radius 2 is 2.10 bits per heavy atom. The number of halogens is 1. The van der Waals surface area contributed by atoms with Crippen molar-refractivity contribution in [1.29, 1.82) is 0 Å². The predicted octanol–water partition coefficient (Wildman–Crippen LogP) is 1.59. The summed E-state index contributed by atoms with van der Waals surface area (Å²) in [5.74, 6) is 0.160. The number of morpholine rings is 1. The topological polar surface area (TPSA) is 50.8 Å². The number of amides is 1. The van der Waals surface area contributed by atoms with Crippen LogP contribution in [0.3, 0.4) is 0 Å². The molecule has 0 aromatic carbocycles. The maximum atomic E-state index is 12.7. The largest absolute Gasteiger partial charge is 0.376 e. The third kappa shape index (κ3) is 5.40. The molecule has 2 saturated heterocycles. The van der Waals surface area contributed by atoms with Gasteiger partial charge in [-0.3, -0.25) is 4.79 Å². The van der Waals surface area contributed by atoms with E-state index in [0.29, 0.717) is 6.61 Å². The van der Waals surface area contributed by atoms with Gasteiger partial charge in [0.1, 0.15) is 6.04 Å². The van der Waals surface area contributed by atoms with Gasteiger partial charge >= 0.3 is 0 Å². The molecular formula is C15H29ClN2O3. The first-order valence-electron chi connectivity index (χ1n) is 7.97. The van der Waals surface area contributed by atoms with Crippen LogP contribution in [0.2, 0.25) is 0 Å². The minimum atomic E-state index is -0.209. The van der Waals surface area contributed by atoms with Crippen molar-refractivity contribution in [2.24, 2.45) is 0 Å². The summed E-state index contributed by atoms with van der Waals surface area (Å²) < 4.78 is 11.4. The molecule has 1 amide bonds. The van der Waals surface area contributed by atoms with Crippen LogP contribution in [0.1, 0.15) is 39.5 Å². The van der Waals surface area contributed by atoms with E-state index in [4.69, 9.17) is 9.47 Å². The van der Waals surface area contributed by atoms with Gasteiger partial charge in [-0.2, -0.15) is 0 Å². The number of nitrogens with zero attached hydrogens (tertiary/aromatic N) is 1. The maximum absolute atomic E-state index is 12.7. The van der Waals surface area contributed by atoms with Crippen molar-refractivity contribution in [1.82, 2.24) is 10.2 Å². The molecule has 21 heavy (non-hydrogen) atoms. The SMILES string of the molecule is CCCN(CC1CCCCO1)C(=O)[C@H]1NCCO[C@@H]1C.Cl. The van der Waals surface area contributed by atoms with Gasteiger partial charge in [0.25, 0.3) is 0 Å². The molecule has 124 valence electrons. The molecule has 6 heteroatoms. The van der Waals surface area contributed by atoms with Crippen LogP contribution in [0.25, 0.3) is 0 Å². The van der Waals surface area contributed by atoms with Crippen LogP contribution in [0.4, 0.5) is 0 Å². The monoisotopic (exact) mass is 320 g/mol. The van der Waals surface area contributed by atoms with Gasteiger partial charge in [0.2, 0.25) is 5.91 Å². The molecular weight excluding hydrogens is 292 g/mol. The van der Waals surface area contributed by atoms with Gasteiger partial charge in [-0.05, 0) is 32.6 Å². The molecule has 2 heterocycles. The van der Waals surface area contributed by atoms with Crippen molar-refractivity contribution in [2.75, 3.05) is 32.8 Å². The van der Waals surface area contributed by atoms with Crippen LogP contribution in [0.5, 0.6) is 0 Å². The van der Waals surface area contributed by atoms with Crippen LogP contribution < -0.4 is 5.32 Å². The quantitative estimate of drug-likeness (QED) is 0.836. The Morgan fingerprint density at radius 3 is 2.71 bits per heavy atom. The van der Waals surface area contributed by atoms with Crippen molar-refractivity contribution in [3.63, 3.8) is 0 Å². The molecule has 0 bridgehead atoms. The fourth-order valence-electron chi connectivity index (χ4n) is 2.96. The van der Waals surface area contributed by atoms with Crippen molar-refractivity contribution < 1.29 is 14.3 Å². The summed E-state index contributed by atoms with van der Waals surface area (Å²) >= 11 is 0. The van der Waals surface area contributed by atoms with E-state index in [1.807, 2.05) is 11.8 Å². The molecule has 3 atom stereocenters. The van der Waals surface area contributed by atoms with Crippen LogP contribution in [-0.4, -0.2) is 61.9 Å². The second-order valence-electron chi connectivity index (χ2n) is 5.78. The normalized spacial score (nSPS) is 29.5. The summed E-state index contributed by atoms with van der Waals surface area (Å²) in [6, 6.07) is -0.209. The lowest BCUT2D eigenvalue weighted by atomic mass is 10.1. The summed E-state index contributed by atoms with van der Waals surface area (Å²) in [7, 11) is 0. The summed E-state index contributed by atoms with van der Waals surface area (Å²) in [4.78, 5) is 14.7. The minimum Gasteiger partial charge on any atom is -0.376 e. The average molecular weight is 321 g/mol. The van der Waals surface area contributed by atoms with Gasteiger partial charge < -0.3 is 19.7 Å². The molecule has 0 radical (unpaired) electrons. The highest BCUT2D eigenvalue weighted by Gasteiger charge is 2.32. The van der Waals surface area contributed by atoms with E-state index in [-0.39, 0.29) is 36.6 Å². The average Bonchev–Trinajstić information content (AvgIpc) is 2.48. The second-order valence-corrected chi connectivity index (χ2v) is 5.78. The molecule has 0 spiro atoms. The maximum Gasteiger partial charge on any atom is 0.242 e. The lowest BCUT2D eigenvalue weighted by Gasteiger charge is -2.36. The third-order valence-electron chi connectivity index (χ3n) is 4.09. The number of nitrogens with one attached hydrogen (secondary N) is 1. The van der Waals surface area contributed by atoms with E-state index < -0.39 is 0 Å². The molecule has 0 saturated carbocycles. The van der Waals surface area contributed by atoms with Gasteiger partial charge in [-0.1, -0.05) is 6.92 Å². The van der Waals surface area contributed by atoms with Crippen LogP contribution >= 0.6 is 12.4 Å². The smallest absolute Gasteiger partial charge is 0.242 e. The highest BCUT2D eigenvalue weighted by molar-refractivity contribution is 5.85. The molecule has 5 nitrogen and oxygen atoms in total. The third-order valence-corrected chi connectivity index (χ3v) is 4.09. The number of hydrogen-bond donors (Lipinski definition) is 1. The molecule has 2 aliphatic heterocycles. The van der Waals surface area contributed by atoms with Gasteiger partial charge in [-0.25, -0.2) is 0 Å². The van der Waals surface area contributed by atoms with Gasteiger partial charge in [0.05, 0.1) is 18.8 Å². The molecule has 0 aromatic heterocycles. The molecule has 0 aromatic rings. The van der Waals surface area contributed by atoms with Crippen LogP contribution in [0, 0.1) is 0 Å². The number of hydrogen-bond acceptors (Lipinski definition) is 4. The first-order valence-corrected chi connectivity index (χ1v) is 7.97. The molecule has 1 unspecified atom stereocenters. The van der Waals surface area contributed by atoms with E-state index in [0.717, 1.165) is 45.5 Å². The number of rotatable bonds is 5. The van der Waals surface area contributed by atoms with Crippen molar-refractivity contribution in [3.8, 4) is 0 Å². The summed E-state index contributed by atoms with van der Waals surface area (Å²) in [5.41, 5.74) is 0. The second kappa shape index (κ2) is 9.62. The first-order chi connectivity index (χ1) is 9.72. The van der Waals surface area contributed by atoms with E-state index in [9.17, 15) is 4.79 Å². The molecule has 1 N–H and O–H groups in total. The minimum absolute atomic E-state index is 0. The highest BCUT2D eigenvalue weighted by Crippen LogP contribution is 2.16. The van der Waals surface area contributed by atoms with Crippen LogP contribution in [-0.2, 0) is 14.3 Å². The predicted molar refractivity (Wildman–Crippen MR) is 84.9 cm³/mol. The zero-order chi connectivity index (χ0) is 14.4. The lowest BCUT2D eigenvalue weighted by Crippen LogP contribution is -2.57. The Labute approximate surface area is 134 Å². The zero-order valence-corrected chi connectivity index (χ0v) is 14.0. The first kappa shape index (κ1) is 18.7. The summed E-state index contributed by atoms with van der Waals surface area (Å²) in [6.45, 7) is 7.86. The standard InChI is InChI=1S/C15H28N2O3.ClH/c1-3-8-17(11-13-6-4-5-9-20-13)15(18)14-12(2)19-10-7-16-14;/h12-14,16H,3-11H2,1-2H3;1H/t12-,13?,14+;/m1./s1. The van der Waals surface area contributed by atoms with Gasteiger partial charge in [0, 0.05) is 26.2 Å². The molecule has 2 fully saturated rings. The summed E-state index contributed by atoms with van der Waals surface area (Å²) in [5, 5.41) is 3.29. The molecule has 2 rings (SSSR count). The van der Waals surface area contributed by atoms with E-state index >= 15 is 0 Å². The van der Waals surface area contributed by atoms with E-state index in [1.54, 1.807) is 0 Å². The molecule has 0 aliphatic carbocycles. The Bertz CT molecular complexity index is 311. The van der Waals surface area contributed by atoms with Gasteiger partial charge in [0.15, 0.2) is 0 Å². The lowest BCUT2D eigenvalue weighted by molar-refractivity contribution is -0.142. The van der Waals surface area contributed by atoms with Crippen molar-refractivity contribution in [3.05, 3.63) is 0 Å². The zero-order valence-electron chi connectivity index (χ0n) is 13.2. The van der Waals surface area contributed by atoms with Crippen molar-refractivity contribution >= 4 is 18.3 Å². The Morgan fingerprint density at radius 1 is 1.29 bits per heavy atom. The Balaban J connectivity index is 0.00000220. The van der Waals surface area contributed by atoms with Crippen LogP contribution in [0.15, 0.2) is 0 Å². The number of carbonyl (C=O) groups is 1. The highest BCUT2D eigenvalue weighted by atomic mass is 35.5. The fourth-order valence-corrected chi connectivity index (χ4v) is 2.96. The summed E-state index contributed by atoms with van der Waals surface area (Å²) in [6.07, 6.45) is 4.55. The Kier molecular flexibility index (Phi) is 8.56. The Hall–Kier alpha value is -0.360. The molecule has 2 aliphatic rings. The van der Waals surface area contributed by atoms with Gasteiger partial charge in [-0.15, -0.1) is 12.4 Å². The van der Waals surface area contributed by atoms with E-state index in [2.05, 4.69) is 12.2 Å². The van der Waals surface area contributed by atoms with Crippen molar-refractivity contribution in [2.45, 2.75) is 57.8 Å².